The van der Waals surface area contributed by atoms with Crippen LogP contribution in [0.1, 0.15) is 61.6 Å². The molecule has 1 N–H and O–H groups in total. The first-order valence-electron chi connectivity index (χ1n) is 10.2. The van der Waals surface area contributed by atoms with Gasteiger partial charge in [0.15, 0.2) is 23.0 Å². The van der Waals surface area contributed by atoms with Gasteiger partial charge < -0.3 is 14.6 Å². The number of hydrogen-bond acceptors (Lipinski definition) is 6. The molecule has 0 amide bonds. The molecule has 6 heteroatoms. The second-order valence-electron chi connectivity index (χ2n) is 8.01. The highest BCUT2D eigenvalue weighted by Crippen LogP contribution is 2.33. The topological polar surface area (TPSA) is 85.7 Å². The molecule has 0 aliphatic carbocycles. The molecule has 30 heavy (non-hydrogen) atoms. The summed E-state index contributed by atoms with van der Waals surface area (Å²) in [6.45, 7) is 9.78. The van der Waals surface area contributed by atoms with Crippen molar-refractivity contribution >= 4 is 11.8 Å². The molecule has 3 atom stereocenters. The average molecular weight is 414 g/mol. The van der Waals surface area contributed by atoms with E-state index in [9.17, 15) is 14.7 Å². The molecule has 0 bridgehead atoms. The van der Waals surface area contributed by atoms with E-state index in [1.54, 1.807) is 6.92 Å². The van der Waals surface area contributed by atoms with Crippen molar-refractivity contribution in [3.8, 4) is 11.5 Å². The van der Waals surface area contributed by atoms with Gasteiger partial charge in [-0.3, -0.25) is 9.59 Å². The van der Waals surface area contributed by atoms with E-state index in [2.05, 4.69) is 24.9 Å². The summed E-state index contributed by atoms with van der Waals surface area (Å²) in [6.07, 6.45) is 0.918. The molecule has 0 radical (unpaired) electrons. The molecular formula is C24H31NO5. The number of aromatic hydroxyl groups is 1. The highest BCUT2D eigenvalue weighted by atomic mass is 16.5. The van der Waals surface area contributed by atoms with Gasteiger partial charge in [0.2, 0.25) is 0 Å². The van der Waals surface area contributed by atoms with Gasteiger partial charge in [0.25, 0.3) is 0 Å². The number of ketones is 1. The summed E-state index contributed by atoms with van der Waals surface area (Å²) in [7, 11) is 1.39. The molecule has 1 heterocycles. The van der Waals surface area contributed by atoms with Crippen LogP contribution in [0.4, 0.5) is 0 Å². The highest BCUT2D eigenvalue weighted by molar-refractivity contribution is 5.99. The maximum atomic E-state index is 12.7. The average Bonchev–Trinajstić information content (AvgIpc) is 2.69. The third kappa shape index (κ3) is 5.38. The number of hydrogen-bond donors (Lipinski definition) is 1. The van der Waals surface area contributed by atoms with Crippen LogP contribution in [0, 0.1) is 18.8 Å². The summed E-state index contributed by atoms with van der Waals surface area (Å²) >= 11 is 0. The number of nitrogens with zero attached hydrogens (tertiary/aromatic N) is 1. The lowest BCUT2D eigenvalue weighted by Gasteiger charge is -2.29. The highest BCUT2D eigenvalue weighted by Gasteiger charge is 2.30. The lowest BCUT2D eigenvalue weighted by atomic mass is 9.82. The minimum atomic E-state index is -0.669. The number of carbonyl (C=O) groups is 2. The van der Waals surface area contributed by atoms with Crippen LogP contribution in [-0.4, -0.2) is 35.1 Å². The van der Waals surface area contributed by atoms with Gasteiger partial charge in [0.05, 0.1) is 13.0 Å². The van der Waals surface area contributed by atoms with Crippen molar-refractivity contribution in [2.24, 2.45) is 11.8 Å². The summed E-state index contributed by atoms with van der Waals surface area (Å²) < 4.78 is 10.8. The molecule has 0 saturated carbocycles. The van der Waals surface area contributed by atoms with Crippen molar-refractivity contribution in [3.63, 3.8) is 0 Å². The Hall–Kier alpha value is -2.89. The minimum Gasteiger partial charge on any atom is -0.503 e. The van der Waals surface area contributed by atoms with Crippen LogP contribution in [0.3, 0.4) is 0 Å². The fourth-order valence-corrected chi connectivity index (χ4v) is 3.75. The van der Waals surface area contributed by atoms with Crippen molar-refractivity contribution in [2.45, 2.75) is 53.1 Å². The molecule has 1 aromatic heterocycles. The first-order chi connectivity index (χ1) is 14.2. The van der Waals surface area contributed by atoms with Crippen LogP contribution in [0.15, 0.2) is 36.5 Å². The minimum absolute atomic E-state index is 0.0437. The number of methoxy groups -OCH3 is 1. The quantitative estimate of drug-likeness (QED) is 0.474. The monoisotopic (exact) mass is 413 g/mol. The molecule has 0 aliphatic rings. The second kappa shape index (κ2) is 10.2. The summed E-state index contributed by atoms with van der Waals surface area (Å²) in [5.41, 5.74) is 2.20. The normalized spacial score (nSPS) is 14.1. The first-order valence-corrected chi connectivity index (χ1v) is 10.2. The maximum Gasteiger partial charge on any atom is 0.309 e. The lowest BCUT2D eigenvalue weighted by Crippen LogP contribution is -2.30. The van der Waals surface area contributed by atoms with Gasteiger partial charge in [0.1, 0.15) is 6.10 Å². The summed E-state index contributed by atoms with van der Waals surface area (Å²) in [4.78, 5) is 29.2. The van der Waals surface area contributed by atoms with E-state index in [4.69, 9.17) is 9.47 Å². The standard InChI is InChI=1S/C24H31NO5/c1-14(2)21(18-10-8-7-9-15(18)3)17(5)30-24(28)16(4)13-19(26)22-23(27)20(29-6)11-12-25-22/h7-12,14,16-17,21,27H,13H2,1-6H3/t16-,17+,21-/m1/s1. The Morgan fingerprint density at radius 1 is 1.10 bits per heavy atom. The molecule has 2 aromatic rings. The number of esters is 1. The number of benzene rings is 1. The Kier molecular flexibility index (Phi) is 7.98. The van der Waals surface area contributed by atoms with Crippen molar-refractivity contribution < 1.29 is 24.2 Å². The van der Waals surface area contributed by atoms with E-state index >= 15 is 0 Å². The number of carbonyl (C=O) groups excluding carboxylic acids is 2. The molecule has 162 valence electrons. The van der Waals surface area contributed by atoms with Crippen LogP contribution in [0.5, 0.6) is 11.5 Å². The van der Waals surface area contributed by atoms with E-state index in [1.807, 2.05) is 32.0 Å². The van der Waals surface area contributed by atoms with Crippen LogP contribution in [0.2, 0.25) is 0 Å². The van der Waals surface area contributed by atoms with E-state index in [0.29, 0.717) is 0 Å². The molecule has 6 nitrogen and oxygen atoms in total. The van der Waals surface area contributed by atoms with Crippen LogP contribution < -0.4 is 4.74 Å². The zero-order valence-electron chi connectivity index (χ0n) is 18.5. The lowest BCUT2D eigenvalue weighted by molar-refractivity contribution is -0.154. The van der Waals surface area contributed by atoms with Gasteiger partial charge >= 0.3 is 5.97 Å². The molecule has 0 fully saturated rings. The predicted molar refractivity (Wildman–Crippen MR) is 115 cm³/mol. The summed E-state index contributed by atoms with van der Waals surface area (Å²) in [6, 6.07) is 9.55. The summed E-state index contributed by atoms with van der Waals surface area (Å²) in [5.74, 6) is -1.41. The fourth-order valence-electron chi connectivity index (χ4n) is 3.75. The Morgan fingerprint density at radius 2 is 1.77 bits per heavy atom. The fraction of sp³-hybridized carbons (Fsp3) is 0.458. The van der Waals surface area contributed by atoms with Gasteiger partial charge in [-0.15, -0.1) is 0 Å². The zero-order valence-corrected chi connectivity index (χ0v) is 18.5. The smallest absolute Gasteiger partial charge is 0.309 e. The van der Waals surface area contributed by atoms with Crippen molar-refractivity contribution in [1.82, 2.24) is 4.98 Å². The van der Waals surface area contributed by atoms with Crippen LogP contribution in [-0.2, 0) is 9.53 Å². The molecular weight excluding hydrogens is 382 g/mol. The summed E-state index contributed by atoms with van der Waals surface area (Å²) in [5, 5.41) is 10.1. The number of Topliss-reactive ketones (excluding diaryl/α,β-unsaturated/α-hetero) is 1. The molecule has 2 rings (SSSR count). The van der Waals surface area contributed by atoms with E-state index in [0.717, 1.165) is 11.1 Å². The Balaban J connectivity index is 2.09. The molecule has 1 aromatic carbocycles. The second-order valence-corrected chi connectivity index (χ2v) is 8.01. The van der Waals surface area contributed by atoms with Crippen molar-refractivity contribution in [1.29, 1.82) is 0 Å². The van der Waals surface area contributed by atoms with E-state index in [1.165, 1.54) is 19.4 Å². The van der Waals surface area contributed by atoms with Crippen LogP contribution >= 0.6 is 0 Å². The van der Waals surface area contributed by atoms with Crippen molar-refractivity contribution in [2.75, 3.05) is 7.11 Å². The number of rotatable bonds is 9. The van der Waals surface area contributed by atoms with Gasteiger partial charge in [-0.1, -0.05) is 45.0 Å². The van der Waals surface area contributed by atoms with Gasteiger partial charge in [-0.05, 0) is 30.9 Å². The Labute approximate surface area is 178 Å². The number of aryl methyl sites for hydroxylation is 1. The van der Waals surface area contributed by atoms with Crippen LogP contribution in [0.25, 0.3) is 0 Å². The zero-order chi connectivity index (χ0) is 22.4. The Morgan fingerprint density at radius 3 is 2.37 bits per heavy atom. The Bertz CT molecular complexity index is 893. The number of aromatic nitrogens is 1. The third-order valence-electron chi connectivity index (χ3n) is 5.34. The molecule has 0 saturated heterocycles. The largest absolute Gasteiger partial charge is 0.503 e. The molecule has 0 aliphatic heterocycles. The first kappa shape index (κ1) is 23.4. The third-order valence-corrected chi connectivity index (χ3v) is 5.34. The molecule has 0 unspecified atom stereocenters. The number of pyridine rings is 1. The SMILES string of the molecule is COc1ccnc(C(=O)C[C@@H](C)C(=O)O[C@@H](C)[C@H](c2ccccc2C)C(C)C)c1O. The number of ether oxygens (including phenoxy) is 2. The van der Waals surface area contributed by atoms with E-state index < -0.39 is 17.7 Å². The van der Waals surface area contributed by atoms with E-state index in [-0.39, 0.29) is 41.6 Å². The predicted octanol–water partition coefficient (Wildman–Crippen LogP) is 4.68. The maximum absolute atomic E-state index is 12.7. The van der Waals surface area contributed by atoms with Gasteiger partial charge in [0, 0.05) is 24.6 Å². The van der Waals surface area contributed by atoms with Crippen molar-refractivity contribution in [3.05, 3.63) is 53.3 Å². The van der Waals surface area contributed by atoms with Gasteiger partial charge in [-0.2, -0.15) is 0 Å². The molecule has 0 spiro atoms. The van der Waals surface area contributed by atoms with Gasteiger partial charge in [-0.25, -0.2) is 4.98 Å².